The SMILES string of the molecule is Cc1oncc1C(=O)N(CC(=O)O)c1ccc(Cl)cc1. The van der Waals surface area contributed by atoms with E-state index in [0.717, 1.165) is 4.90 Å². The molecule has 1 heterocycles. The van der Waals surface area contributed by atoms with E-state index in [1.54, 1.807) is 31.2 Å². The van der Waals surface area contributed by atoms with Crippen molar-refractivity contribution in [1.82, 2.24) is 5.16 Å². The fourth-order valence-corrected chi connectivity index (χ4v) is 1.81. The topological polar surface area (TPSA) is 83.6 Å². The molecule has 0 spiro atoms. The molecule has 0 aliphatic heterocycles. The third-order valence-corrected chi connectivity index (χ3v) is 2.91. The molecule has 0 unspecified atom stereocenters. The molecule has 0 saturated carbocycles. The highest BCUT2D eigenvalue weighted by Gasteiger charge is 2.23. The molecule has 1 N–H and O–H groups in total. The van der Waals surface area contributed by atoms with Gasteiger partial charge in [-0.15, -0.1) is 0 Å². The zero-order chi connectivity index (χ0) is 14.7. The lowest BCUT2D eigenvalue weighted by molar-refractivity contribution is -0.135. The lowest BCUT2D eigenvalue weighted by Crippen LogP contribution is -2.35. The first kappa shape index (κ1) is 14.1. The van der Waals surface area contributed by atoms with Crippen molar-refractivity contribution in [3.63, 3.8) is 0 Å². The van der Waals surface area contributed by atoms with Crippen molar-refractivity contribution in [3.8, 4) is 0 Å². The van der Waals surface area contributed by atoms with Gasteiger partial charge in [0.05, 0.1) is 6.20 Å². The number of carbonyl (C=O) groups excluding carboxylic acids is 1. The normalized spacial score (nSPS) is 10.3. The lowest BCUT2D eigenvalue weighted by Gasteiger charge is -2.20. The molecule has 0 atom stereocenters. The van der Waals surface area contributed by atoms with Crippen molar-refractivity contribution < 1.29 is 19.2 Å². The minimum atomic E-state index is -1.12. The predicted molar refractivity (Wildman–Crippen MR) is 72.0 cm³/mol. The second-order valence-electron chi connectivity index (χ2n) is 4.06. The van der Waals surface area contributed by atoms with Gasteiger partial charge < -0.3 is 9.63 Å². The molecular weight excluding hydrogens is 284 g/mol. The van der Waals surface area contributed by atoms with Crippen LogP contribution in [0.2, 0.25) is 5.02 Å². The van der Waals surface area contributed by atoms with Gasteiger partial charge in [0, 0.05) is 10.7 Å². The Balaban J connectivity index is 2.37. The van der Waals surface area contributed by atoms with Crippen molar-refractivity contribution in [1.29, 1.82) is 0 Å². The van der Waals surface area contributed by atoms with Crippen LogP contribution in [-0.2, 0) is 4.79 Å². The Bertz CT molecular complexity index is 636. The van der Waals surface area contributed by atoms with Crippen LogP contribution in [0.1, 0.15) is 16.1 Å². The molecule has 6 nitrogen and oxygen atoms in total. The van der Waals surface area contributed by atoms with Crippen LogP contribution >= 0.6 is 11.6 Å². The Labute approximate surface area is 119 Å². The van der Waals surface area contributed by atoms with E-state index in [2.05, 4.69) is 5.16 Å². The monoisotopic (exact) mass is 294 g/mol. The first-order valence-electron chi connectivity index (χ1n) is 5.69. The summed E-state index contributed by atoms with van der Waals surface area (Å²) in [6.45, 7) is 1.12. The first-order chi connectivity index (χ1) is 9.49. The molecule has 1 amide bonds. The van der Waals surface area contributed by atoms with Gasteiger partial charge in [0.25, 0.3) is 5.91 Å². The van der Waals surface area contributed by atoms with E-state index < -0.39 is 18.4 Å². The van der Waals surface area contributed by atoms with E-state index in [1.807, 2.05) is 0 Å². The smallest absolute Gasteiger partial charge is 0.323 e. The maximum atomic E-state index is 12.4. The zero-order valence-electron chi connectivity index (χ0n) is 10.5. The van der Waals surface area contributed by atoms with Gasteiger partial charge in [-0.05, 0) is 31.2 Å². The summed E-state index contributed by atoms with van der Waals surface area (Å²) < 4.78 is 4.83. The van der Waals surface area contributed by atoms with Gasteiger partial charge in [-0.1, -0.05) is 16.8 Å². The van der Waals surface area contributed by atoms with Gasteiger partial charge >= 0.3 is 5.97 Å². The Morgan fingerprint density at radius 1 is 1.35 bits per heavy atom. The Morgan fingerprint density at radius 2 is 2.00 bits per heavy atom. The van der Waals surface area contributed by atoms with Crippen molar-refractivity contribution >= 4 is 29.2 Å². The first-order valence-corrected chi connectivity index (χ1v) is 6.07. The Morgan fingerprint density at radius 3 is 2.50 bits per heavy atom. The minimum absolute atomic E-state index is 0.223. The van der Waals surface area contributed by atoms with E-state index in [9.17, 15) is 9.59 Å². The molecule has 104 valence electrons. The molecule has 7 heteroatoms. The number of benzene rings is 1. The molecule has 0 aliphatic rings. The largest absolute Gasteiger partial charge is 0.480 e. The van der Waals surface area contributed by atoms with Crippen molar-refractivity contribution in [3.05, 3.63) is 46.8 Å². The molecule has 0 saturated heterocycles. The van der Waals surface area contributed by atoms with Crippen LogP contribution in [0.15, 0.2) is 35.0 Å². The zero-order valence-corrected chi connectivity index (χ0v) is 11.3. The number of carbonyl (C=O) groups is 2. The fraction of sp³-hybridized carbons (Fsp3) is 0.154. The number of carboxylic acids is 1. The second-order valence-corrected chi connectivity index (χ2v) is 4.49. The van der Waals surface area contributed by atoms with Gasteiger partial charge in [0.2, 0.25) is 0 Å². The molecule has 20 heavy (non-hydrogen) atoms. The van der Waals surface area contributed by atoms with Crippen LogP contribution in [0.4, 0.5) is 5.69 Å². The summed E-state index contributed by atoms with van der Waals surface area (Å²) in [5.74, 6) is -1.28. The van der Waals surface area contributed by atoms with E-state index in [4.69, 9.17) is 21.2 Å². The number of rotatable bonds is 4. The standard InChI is InChI=1S/C13H11ClN2O4/c1-8-11(6-15-20-8)13(19)16(7-12(17)18)10-4-2-9(14)3-5-10/h2-6H,7H2,1H3,(H,17,18). The molecule has 0 bridgehead atoms. The molecule has 1 aromatic carbocycles. The summed E-state index contributed by atoms with van der Waals surface area (Å²) in [5.41, 5.74) is 0.656. The quantitative estimate of drug-likeness (QED) is 0.936. The molecule has 2 rings (SSSR count). The average Bonchev–Trinajstić information content (AvgIpc) is 2.82. The van der Waals surface area contributed by atoms with Crippen LogP contribution in [0, 0.1) is 6.92 Å². The van der Waals surface area contributed by atoms with Crippen LogP contribution in [0.3, 0.4) is 0 Å². The maximum absolute atomic E-state index is 12.4. The number of amides is 1. The average molecular weight is 295 g/mol. The number of aryl methyl sites for hydroxylation is 1. The van der Waals surface area contributed by atoms with Crippen LogP contribution < -0.4 is 4.90 Å². The lowest BCUT2D eigenvalue weighted by atomic mass is 10.2. The number of hydrogen-bond donors (Lipinski definition) is 1. The number of aromatic nitrogens is 1. The second kappa shape index (κ2) is 5.75. The van der Waals surface area contributed by atoms with Gasteiger partial charge in [-0.25, -0.2) is 0 Å². The number of aliphatic carboxylic acids is 1. The fourth-order valence-electron chi connectivity index (χ4n) is 1.69. The van der Waals surface area contributed by atoms with E-state index in [0.29, 0.717) is 16.5 Å². The number of nitrogens with zero attached hydrogens (tertiary/aromatic N) is 2. The Kier molecular flexibility index (Phi) is 4.05. The van der Waals surface area contributed by atoms with E-state index in [1.165, 1.54) is 6.20 Å². The summed E-state index contributed by atoms with van der Waals surface area (Å²) in [7, 11) is 0. The van der Waals surface area contributed by atoms with Crippen LogP contribution in [0.25, 0.3) is 0 Å². The summed E-state index contributed by atoms with van der Waals surface area (Å²) in [6, 6.07) is 6.32. The number of hydrogen-bond acceptors (Lipinski definition) is 4. The highest BCUT2D eigenvalue weighted by atomic mass is 35.5. The number of carboxylic acid groups (broad SMARTS) is 1. The number of halogens is 1. The highest BCUT2D eigenvalue weighted by molar-refractivity contribution is 6.30. The van der Waals surface area contributed by atoms with Gasteiger partial charge in [0.1, 0.15) is 17.9 Å². The van der Waals surface area contributed by atoms with Gasteiger partial charge in [-0.3, -0.25) is 14.5 Å². The van der Waals surface area contributed by atoms with Crippen molar-refractivity contribution in [2.75, 3.05) is 11.4 Å². The Hall–Kier alpha value is -2.34. The van der Waals surface area contributed by atoms with Crippen molar-refractivity contribution in [2.24, 2.45) is 0 Å². The van der Waals surface area contributed by atoms with Crippen LogP contribution in [0.5, 0.6) is 0 Å². The minimum Gasteiger partial charge on any atom is -0.480 e. The third-order valence-electron chi connectivity index (χ3n) is 2.66. The van der Waals surface area contributed by atoms with Gasteiger partial charge in [0.15, 0.2) is 0 Å². The molecule has 0 radical (unpaired) electrons. The van der Waals surface area contributed by atoms with Crippen molar-refractivity contribution in [2.45, 2.75) is 6.92 Å². The summed E-state index contributed by atoms with van der Waals surface area (Å²) >= 11 is 5.78. The summed E-state index contributed by atoms with van der Waals surface area (Å²) in [5, 5.41) is 13.0. The summed E-state index contributed by atoms with van der Waals surface area (Å²) in [4.78, 5) is 24.5. The highest BCUT2D eigenvalue weighted by Crippen LogP contribution is 2.21. The molecule has 0 aliphatic carbocycles. The van der Waals surface area contributed by atoms with E-state index >= 15 is 0 Å². The maximum Gasteiger partial charge on any atom is 0.323 e. The van der Waals surface area contributed by atoms with Gasteiger partial charge in [-0.2, -0.15) is 0 Å². The predicted octanol–water partition coefficient (Wildman–Crippen LogP) is 2.37. The third kappa shape index (κ3) is 2.97. The summed E-state index contributed by atoms with van der Waals surface area (Å²) in [6.07, 6.45) is 1.27. The molecular formula is C13H11ClN2O4. The molecule has 2 aromatic rings. The number of anilines is 1. The molecule has 0 fully saturated rings. The van der Waals surface area contributed by atoms with E-state index in [-0.39, 0.29) is 5.56 Å². The molecule has 1 aromatic heterocycles. The van der Waals surface area contributed by atoms with Crippen LogP contribution in [-0.4, -0.2) is 28.7 Å².